The van der Waals surface area contributed by atoms with Gasteiger partial charge in [-0.05, 0) is 29.2 Å². The number of carboxylic acids is 1. The van der Waals surface area contributed by atoms with Gasteiger partial charge in [-0.25, -0.2) is 9.59 Å². The van der Waals surface area contributed by atoms with Crippen LogP contribution in [-0.4, -0.2) is 47.3 Å². The Labute approximate surface area is 206 Å². The summed E-state index contributed by atoms with van der Waals surface area (Å²) >= 11 is 1.33. The topological polar surface area (TPSA) is 118 Å². The summed E-state index contributed by atoms with van der Waals surface area (Å²) in [7, 11) is 0. The summed E-state index contributed by atoms with van der Waals surface area (Å²) in [5.74, 6) is -1.68. The molecule has 3 N–H and O–H groups in total. The number of thiazole rings is 1. The van der Waals surface area contributed by atoms with Crippen LogP contribution < -0.4 is 10.6 Å². The molecule has 0 aliphatic heterocycles. The number of fused-ring (bicyclic) bond motifs is 3. The predicted octanol–water partition coefficient (Wildman–Crippen LogP) is 3.74. The SMILES string of the molecule is C/C(=C\CNC(=O)OCC1c2ccccc2-c2ccccc21)C(=O)NC(Cc1cncs1)C(=O)O. The van der Waals surface area contributed by atoms with Crippen molar-refractivity contribution in [1.82, 2.24) is 15.6 Å². The minimum absolute atomic E-state index is 0.0392. The zero-order valence-corrected chi connectivity index (χ0v) is 19.9. The molecule has 1 aliphatic rings. The Morgan fingerprint density at radius 1 is 1.11 bits per heavy atom. The fourth-order valence-electron chi connectivity index (χ4n) is 4.05. The number of hydrogen-bond acceptors (Lipinski definition) is 6. The summed E-state index contributed by atoms with van der Waals surface area (Å²) in [6.45, 7) is 1.82. The Balaban J connectivity index is 1.27. The Morgan fingerprint density at radius 3 is 2.37 bits per heavy atom. The van der Waals surface area contributed by atoms with Gasteiger partial charge in [0.1, 0.15) is 12.6 Å². The molecule has 4 rings (SSSR count). The molecule has 9 heteroatoms. The van der Waals surface area contributed by atoms with Crippen molar-refractivity contribution >= 4 is 29.3 Å². The number of alkyl carbamates (subject to hydrolysis) is 1. The number of carboxylic acid groups (broad SMARTS) is 1. The Hall–Kier alpha value is -3.98. The number of amides is 2. The highest BCUT2D eigenvalue weighted by Gasteiger charge is 2.29. The highest BCUT2D eigenvalue weighted by atomic mass is 32.1. The largest absolute Gasteiger partial charge is 0.480 e. The molecule has 1 atom stereocenters. The Morgan fingerprint density at radius 2 is 1.77 bits per heavy atom. The average Bonchev–Trinajstić information content (AvgIpc) is 3.48. The smallest absolute Gasteiger partial charge is 0.407 e. The molecular weight excluding hydrogens is 466 g/mol. The van der Waals surface area contributed by atoms with E-state index in [1.54, 1.807) is 18.6 Å². The van der Waals surface area contributed by atoms with Crippen LogP contribution in [0.25, 0.3) is 11.1 Å². The third kappa shape index (κ3) is 5.75. The van der Waals surface area contributed by atoms with E-state index >= 15 is 0 Å². The van der Waals surface area contributed by atoms with E-state index in [0.29, 0.717) is 5.57 Å². The molecule has 2 aromatic carbocycles. The molecule has 0 bridgehead atoms. The van der Waals surface area contributed by atoms with Crippen LogP contribution >= 0.6 is 11.3 Å². The van der Waals surface area contributed by atoms with Crippen molar-refractivity contribution in [2.24, 2.45) is 0 Å². The van der Waals surface area contributed by atoms with Crippen molar-refractivity contribution in [2.75, 3.05) is 13.2 Å². The average molecular weight is 492 g/mol. The normalized spacial score (nSPS) is 13.5. The summed E-state index contributed by atoms with van der Waals surface area (Å²) in [6.07, 6.45) is 2.65. The molecule has 2 amide bonds. The van der Waals surface area contributed by atoms with Gasteiger partial charge in [-0.3, -0.25) is 9.78 Å². The quantitative estimate of drug-likeness (QED) is 0.393. The summed E-state index contributed by atoms with van der Waals surface area (Å²) in [5, 5.41) is 14.5. The van der Waals surface area contributed by atoms with E-state index in [2.05, 4.69) is 27.8 Å². The number of aromatic nitrogens is 1. The standard InChI is InChI=1S/C26H25N3O5S/c1-16(24(30)29-23(25(31)32)12-17-13-27-15-35-17)10-11-28-26(33)34-14-22-20-8-4-2-6-18(20)19-7-3-5-9-21(19)22/h2-10,13,15,22-23H,11-12,14H2,1H3,(H,28,33)(H,29,30)(H,31,32)/b16-10+. The lowest BCUT2D eigenvalue weighted by molar-refractivity contribution is -0.141. The molecule has 8 nitrogen and oxygen atoms in total. The van der Waals surface area contributed by atoms with E-state index in [9.17, 15) is 19.5 Å². The van der Waals surface area contributed by atoms with E-state index in [1.165, 1.54) is 17.4 Å². The van der Waals surface area contributed by atoms with Crippen LogP contribution in [0, 0.1) is 0 Å². The minimum atomic E-state index is -1.13. The van der Waals surface area contributed by atoms with Crippen molar-refractivity contribution in [3.63, 3.8) is 0 Å². The molecule has 0 spiro atoms. The molecule has 3 aromatic rings. The fraction of sp³-hybridized carbons (Fsp3) is 0.231. The third-order valence-electron chi connectivity index (χ3n) is 5.85. The van der Waals surface area contributed by atoms with Gasteiger partial charge in [-0.1, -0.05) is 54.6 Å². The van der Waals surface area contributed by atoms with Crippen LogP contribution in [0.1, 0.15) is 28.8 Å². The van der Waals surface area contributed by atoms with Crippen LogP contribution in [0.15, 0.2) is 71.9 Å². The van der Waals surface area contributed by atoms with E-state index in [1.807, 2.05) is 36.4 Å². The lowest BCUT2D eigenvalue weighted by Crippen LogP contribution is -2.42. The Bertz CT molecular complexity index is 1210. The van der Waals surface area contributed by atoms with Gasteiger partial charge in [-0.15, -0.1) is 11.3 Å². The summed E-state index contributed by atoms with van der Waals surface area (Å²) in [5.41, 5.74) is 6.45. The number of nitrogens with zero attached hydrogens (tertiary/aromatic N) is 1. The first-order valence-corrected chi connectivity index (χ1v) is 12.0. The first kappa shape index (κ1) is 24.2. The van der Waals surface area contributed by atoms with E-state index in [0.717, 1.165) is 27.1 Å². The molecule has 1 unspecified atom stereocenters. The van der Waals surface area contributed by atoms with Crippen LogP contribution in [-0.2, 0) is 20.7 Å². The summed E-state index contributed by atoms with van der Waals surface area (Å²) in [4.78, 5) is 40.8. The molecule has 1 aromatic heterocycles. The van der Waals surface area contributed by atoms with Crippen molar-refractivity contribution in [1.29, 1.82) is 0 Å². The first-order valence-electron chi connectivity index (χ1n) is 11.1. The molecule has 0 radical (unpaired) electrons. The predicted molar refractivity (Wildman–Crippen MR) is 132 cm³/mol. The van der Waals surface area contributed by atoms with Crippen molar-refractivity contribution in [3.8, 4) is 11.1 Å². The number of aliphatic carboxylic acids is 1. The van der Waals surface area contributed by atoms with Crippen LogP contribution in [0.2, 0.25) is 0 Å². The molecule has 35 heavy (non-hydrogen) atoms. The number of nitrogens with one attached hydrogen (secondary N) is 2. The summed E-state index contributed by atoms with van der Waals surface area (Å²) < 4.78 is 5.47. The molecule has 0 fully saturated rings. The molecule has 0 saturated heterocycles. The lowest BCUT2D eigenvalue weighted by atomic mass is 9.98. The summed E-state index contributed by atoms with van der Waals surface area (Å²) in [6, 6.07) is 15.1. The van der Waals surface area contributed by atoms with Gasteiger partial charge in [0.25, 0.3) is 0 Å². The van der Waals surface area contributed by atoms with Crippen LogP contribution in [0.3, 0.4) is 0 Å². The monoisotopic (exact) mass is 491 g/mol. The highest BCUT2D eigenvalue weighted by molar-refractivity contribution is 7.09. The van der Waals surface area contributed by atoms with E-state index in [-0.39, 0.29) is 25.5 Å². The van der Waals surface area contributed by atoms with Crippen LogP contribution in [0.4, 0.5) is 4.79 Å². The van der Waals surface area contributed by atoms with Gasteiger partial charge in [0.05, 0.1) is 5.51 Å². The van der Waals surface area contributed by atoms with Crippen molar-refractivity contribution in [2.45, 2.75) is 25.3 Å². The van der Waals surface area contributed by atoms with Gasteiger partial charge in [0.2, 0.25) is 5.91 Å². The van der Waals surface area contributed by atoms with Gasteiger partial charge in [-0.2, -0.15) is 0 Å². The van der Waals surface area contributed by atoms with Gasteiger partial charge >= 0.3 is 12.1 Å². The number of carbonyl (C=O) groups is 3. The maximum absolute atomic E-state index is 12.4. The number of ether oxygens (including phenoxy) is 1. The van der Waals surface area contributed by atoms with Crippen molar-refractivity contribution in [3.05, 3.63) is 87.9 Å². The molecule has 1 aliphatic carbocycles. The van der Waals surface area contributed by atoms with Gasteiger partial charge < -0.3 is 20.5 Å². The minimum Gasteiger partial charge on any atom is -0.480 e. The van der Waals surface area contributed by atoms with E-state index < -0.39 is 24.0 Å². The number of benzene rings is 2. The van der Waals surface area contributed by atoms with Gasteiger partial charge in [0, 0.05) is 35.5 Å². The molecule has 0 saturated carbocycles. The third-order valence-corrected chi connectivity index (χ3v) is 6.65. The maximum atomic E-state index is 12.4. The maximum Gasteiger partial charge on any atom is 0.407 e. The fourth-order valence-corrected chi connectivity index (χ4v) is 4.69. The highest BCUT2D eigenvalue weighted by Crippen LogP contribution is 2.44. The Kier molecular flexibility index (Phi) is 7.57. The second-order valence-electron chi connectivity index (χ2n) is 8.13. The lowest BCUT2D eigenvalue weighted by Gasteiger charge is -2.15. The van der Waals surface area contributed by atoms with Crippen LogP contribution in [0.5, 0.6) is 0 Å². The van der Waals surface area contributed by atoms with E-state index in [4.69, 9.17) is 4.74 Å². The number of hydrogen-bond donors (Lipinski definition) is 3. The second-order valence-corrected chi connectivity index (χ2v) is 9.10. The van der Waals surface area contributed by atoms with Crippen molar-refractivity contribution < 1.29 is 24.2 Å². The molecular formula is C26H25N3O5S. The van der Waals surface area contributed by atoms with Gasteiger partial charge in [0.15, 0.2) is 0 Å². The number of rotatable bonds is 9. The number of carbonyl (C=O) groups excluding carboxylic acids is 2. The molecule has 180 valence electrons. The second kappa shape index (κ2) is 11.0. The zero-order chi connectivity index (χ0) is 24.8. The zero-order valence-electron chi connectivity index (χ0n) is 19.1. The molecule has 1 heterocycles. The first-order chi connectivity index (χ1) is 16.9.